The van der Waals surface area contributed by atoms with Crippen LogP contribution >= 0.6 is 11.6 Å². The number of carboxylic acid groups (broad SMARTS) is 1. The van der Waals surface area contributed by atoms with E-state index in [0.717, 1.165) is 16.4 Å². The van der Waals surface area contributed by atoms with Crippen LogP contribution in [-0.2, 0) is 14.8 Å². The summed E-state index contributed by atoms with van der Waals surface area (Å²) in [5.41, 5.74) is -0.181. The predicted octanol–water partition coefficient (Wildman–Crippen LogP) is 0.547. The van der Waals surface area contributed by atoms with Gasteiger partial charge in [-0.15, -0.1) is 0 Å². The lowest BCUT2D eigenvalue weighted by atomic mass is 10.2. The van der Waals surface area contributed by atoms with Crippen LogP contribution in [0.4, 0.5) is 0 Å². The number of rotatable bonds is 3. The Balaban J connectivity index is 2.42. The smallest absolute Gasteiger partial charge is 0.337 e. The highest BCUT2D eigenvalue weighted by atomic mass is 35.5. The molecule has 0 bridgehead atoms. The molecule has 1 fully saturated rings. The van der Waals surface area contributed by atoms with Gasteiger partial charge in [0.2, 0.25) is 15.9 Å². The molecule has 1 saturated heterocycles. The number of benzene rings is 1. The van der Waals surface area contributed by atoms with Crippen LogP contribution in [0.1, 0.15) is 17.3 Å². The van der Waals surface area contributed by atoms with Gasteiger partial charge in [-0.25, -0.2) is 13.2 Å². The van der Waals surface area contributed by atoms with Gasteiger partial charge in [-0.3, -0.25) is 4.79 Å². The van der Waals surface area contributed by atoms with Gasteiger partial charge in [0.05, 0.1) is 15.5 Å². The first-order valence-electron chi connectivity index (χ1n) is 6.07. The van der Waals surface area contributed by atoms with E-state index >= 15 is 0 Å². The number of amides is 1. The average molecular weight is 333 g/mol. The summed E-state index contributed by atoms with van der Waals surface area (Å²) in [5.74, 6) is -1.62. The molecule has 0 aliphatic carbocycles. The Hall–Kier alpha value is -1.64. The Morgan fingerprint density at radius 1 is 1.48 bits per heavy atom. The number of hydrogen-bond acceptors (Lipinski definition) is 4. The SMILES string of the molecule is CC1C(=O)NCCN1S(=O)(=O)c1ccc(C(=O)O)c(Cl)c1. The van der Waals surface area contributed by atoms with Crippen molar-refractivity contribution in [1.82, 2.24) is 9.62 Å². The number of carbonyl (C=O) groups excluding carboxylic acids is 1. The van der Waals surface area contributed by atoms with Crippen LogP contribution in [0.15, 0.2) is 23.1 Å². The molecule has 9 heteroatoms. The van der Waals surface area contributed by atoms with E-state index in [4.69, 9.17) is 16.7 Å². The molecular weight excluding hydrogens is 320 g/mol. The molecule has 2 N–H and O–H groups in total. The van der Waals surface area contributed by atoms with E-state index < -0.39 is 22.0 Å². The second kappa shape index (κ2) is 5.63. The summed E-state index contributed by atoms with van der Waals surface area (Å²) in [5, 5.41) is 11.3. The van der Waals surface area contributed by atoms with E-state index in [1.165, 1.54) is 13.0 Å². The first kappa shape index (κ1) is 15.7. The van der Waals surface area contributed by atoms with Gasteiger partial charge in [-0.2, -0.15) is 4.31 Å². The second-order valence-corrected chi connectivity index (χ2v) is 6.83. The van der Waals surface area contributed by atoms with E-state index in [9.17, 15) is 18.0 Å². The summed E-state index contributed by atoms with van der Waals surface area (Å²) in [7, 11) is -3.91. The molecule has 7 nitrogen and oxygen atoms in total. The quantitative estimate of drug-likeness (QED) is 0.841. The minimum absolute atomic E-state index is 0.140. The number of carboxylic acids is 1. The highest BCUT2D eigenvalue weighted by Gasteiger charge is 2.35. The Kier molecular flexibility index (Phi) is 4.22. The van der Waals surface area contributed by atoms with Crippen molar-refractivity contribution in [3.63, 3.8) is 0 Å². The van der Waals surface area contributed by atoms with E-state index in [0.29, 0.717) is 0 Å². The third-order valence-electron chi connectivity index (χ3n) is 3.22. The Morgan fingerprint density at radius 2 is 2.14 bits per heavy atom. The van der Waals surface area contributed by atoms with Crippen LogP contribution in [0.3, 0.4) is 0 Å². The Bertz CT molecular complexity index is 704. The number of piperazine rings is 1. The van der Waals surface area contributed by atoms with Gasteiger partial charge in [-0.1, -0.05) is 11.6 Å². The second-order valence-electron chi connectivity index (χ2n) is 4.53. The third-order valence-corrected chi connectivity index (χ3v) is 5.50. The summed E-state index contributed by atoms with van der Waals surface area (Å²) >= 11 is 5.79. The molecule has 0 spiro atoms. The van der Waals surface area contributed by atoms with Crippen molar-refractivity contribution in [3.8, 4) is 0 Å². The van der Waals surface area contributed by atoms with Crippen LogP contribution < -0.4 is 5.32 Å². The maximum absolute atomic E-state index is 12.5. The number of nitrogens with zero attached hydrogens (tertiary/aromatic N) is 1. The summed E-state index contributed by atoms with van der Waals surface area (Å²) in [6.45, 7) is 1.86. The summed E-state index contributed by atoms with van der Waals surface area (Å²) in [6, 6.07) is 2.55. The molecule has 1 unspecified atom stereocenters. The first-order valence-corrected chi connectivity index (χ1v) is 7.89. The normalized spacial score (nSPS) is 20.1. The summed E-state index contributed by atoms with van der Waals surface area (Å²) in [6.07, 6.45) is 0. The molecule has 1 aromatic carbocycles. The zero-order chi connectivity index (χ0) is 15.8. The van der Waals surface area contributed by atoms with Crippen molar-refractivity contribution in [2.45, 2.75) is 17.9 Å². The molecule has 0 aromatic heterocycles. The van der Waals surface area contributed by atoms with E-state index in [2.05, 4.69) is 5.32 Å². The molecule has 1 aromatic rings. The minimum Gasteiger partial charge on any atom is -0.478 e. The average Bonchev–Trinajstić information content (AvgIpc) is 2.41. The number of aromatic carboxylic acids is 1. The molecule has 114 valence electrons. The van der Waals surface area contributed by atoms with Crippen molar-refractivity contribution in [3.05, 3.63) is 28.8 Å². The molecule has 1 atom stereocenters. The Morgan fingerprint density at radius 3 is 2.71 bits per heavy atom. The predicted molar refractivity (Wildman–Crippen MR) is 74.8 cm³/mol. The van der Waals surface area contributed by atoms with E-state index in [-0.39, 0.29) is 34.5 Å². The lowest BCUT2D eigenvalue weighted by molar-refractivity contribution is -0.126. The monoisotopic (exact) mass is 332 g/mol. The largest absolute Gasteiger partial charge is 0.478 e. The van der Waals surface area contributed by atoms with Crippen LogP contribution in [-0.4, -0.2) is 48.8 Å². The van der Waals surface area contributed by atoms with Gasteiger partial charge < -0.3 is 10.4 Å². The first-order chi connectivity index (χ1) is 9.75. The number of carbonyl (C=O) groups is 2. The van der Waals surface area contributed by atoms with Crippen molar-refractivity contribution >= 4 is 33.5 Å². The van der Waals surface area contributed by atoms with Gasteiger partial charge in [0.1, 0.15) is 6.04 Å². The van der Waals surface area contributed by atoms with Gasteiger partial charge >= 0.3 is 5.97 Å². The van der Waals surface area contributed by atoms with Crippen molar-refractivity contribution in [2.75, 3.05) is 13.1 Å². The molecule has 2 rings (SSSR count). The fourth-order valence-corrected chi connectivity index (χ4v) is 4.00. The number of halogens is 1. The molecule has 1 amide bonds. The van der Waals surface area contributed by atoms with Gasteiger partial charge in [0.15, 0.2) is 0 Å². The van der Waals surface area contributed by atoms with Crippen molar-refractivity contribution in [2.24, 2.45) is 0 Å². The zero-order valence-corrected chi connectivity index (χ0v) is 12.6. The van der Waals surface area contributed by atoms with Gasteiger partial charge in [0.25, 0.3) is 0 Å². The third kappa shape index (κ3) is 2.87. The molecule has 1 aliphatic rings. The van der Waals surface area contributed by atoms with Crippen LogP contribution in [0.5, 0.6) is 0 Å². The van der Waals surface area contributed by atoms with E-state index in [1.807, 2.05) is 0 Å². The number of sulfonamides is 1. The highest BCUT2D eigenvalue weighted by molar-refractivity contribution is 7.89. The standard InChI is InChI=1S/C12H13ClN2O5S/c1-7-11(16)14-4-5-15(7)21(19,20)8-2-3-9(12(17)18)10(13)6-8/h2-3,6-7H,4-5H2,1H3,(H,14,16)(H,17,18). The summed E-state index contributed by atoms with van der Waals surface area (Å²) < 4.78 is 26.1. The van der Waals surface area contributed by atoms with Crippen molar-refractivity contribution < 1.29 is 23.1 Å². The fourth-order valence-electron chi connectivity index (χ4n) is 2.05. The molecule has 1 heterocycles. The summed E-state index contributed by atoms with van der Waals surface area (Å²) in [4.78, 5) is 22.3. The lowest BCUT2D eigenvalue weighted by Gasteiger charge is -2.31. The van der Waals surface area contributed by atoms with Crippen molar-refractivity contribution in [1.29, 1.82) is 0 Å². The number of hydrogen-bond donors (Lipinski definition) is 2. The maximum atomic E-state index is 12.5. The fraction of sp³-hybridized carbons (Fsp3) is 0.333. The van der Waals surface area contributed by atoms with Gasteiger partial charge in [-0.05, 0) is 25.1 Å². The zero-order valence-electron chi connectivity index (χ0n) is 11.0. The lowest BCUT2D eigenvalue weighted by Crippen LogP contribution is -2.55. The minimum atomic E-state index is -3.91. The number of nitrogens with one attached hydrogen (secondary N) is 1. The Labute approximate surface area is 126 Å². The van der Waals surface area contributed by atoms with Crippen LogP contribution in [0.2, 0.25) is 5.02 Å². The molecular formula is C12H13ClN2O5S. The van der Waals surface area contributed by atoms with Crippen LogP contribution in [0.25, 0.3) is 0 Å². The molecule has 21 heavy (non-hydrogen) atoms. The molecule has 0 saturated carbocycles. The highest BCUT2D eigenvalue weighted by Crippen LogP contribution is 2.25. The molecule has 0 radical (unpaired) electrons. The topological polar surface area (TPSA) is 104 Å². The maximum Gasteiger partial charge on any atom is 0.337 e. The van der Waals surface area contributed by atoms with E-state index in [1.54, 1.807) is 0 Å². The van der Waals surface area contributed by atoms with Gasteiger partial charge in [0, 0.05) is 13.1 Å². The molecule has 1 aliphatic heterocycles. The van der Waals surface area contributed by atoms with Crippen LogP contribution in [0, 0.1) is 0 Å².